The lowest BCUT2D eigenvalue weighted by Crippen LogP contribution is -2.46. The van der Waals surface area contributed by atoms with Crippen LogP contribution in [-0.4, -0.2) is 30.1 Å². The number of rotatable bonds is 3. The summed E-state index contributed by atoms with van der Waals surface area (Å²) in [6.07, 6.45) is 1.73. The van der Waals surface area contributed by atoms with Gasteiger partial charge in [-0.1, -0.05) is 30.3 Å². The van der Waals surface area contributed by atoms with E-state index in [0.717, 1.165) is 24.9 Å². The minimum atomic E-state index is -0.216. The SMILES string of the molecule is CC1CC(CN)CCN1C(=O)OCc1ccccc1. The number of benzene rings is 1. The number of amides is 1. The van der Waals surface area contributed by atoms with Crippen LogP contribution >= 0.6 is 0 Å². The number of carbonyl (C=O) groups excluding carboxylic acids is 1. The number of ether oxygens (including phenoxy) is 1. The standard InChI is InChI=1S/C15H22N2O2/c1-12-9-14(10-16)7-8-17(12)15(18)19-11-13-5-3-2-4-6-13/h2-6,12,14H,7-11,16H2,1H3. The van der Waals surface area contributed by atoms with Gasteiger partial charge in [-0.25, -0.2) is 4.79 Å². The molecule has 1 fully saturated rings. The maximum Gasteiger partial charge on any atom is 0.410 e. The van der Waals surface area contributed by atoms with E-state index in [2.05, 4.69) is 6.92 Å². The summed E-state index contributed by atoms with van der Waals surface area (Å²) >= 11 is 0. The number of piperidine rings is 1. The molecule has 0 saturated carbocycles. The molecule has 104 valence electrons. The van der Waals surface area contributed by atoms with Gasteiger partial charge in [-0.05, 0) is 37.8 Å². The Bertz CT molecular complexity index is 408. The molecule has 1 aliphatic rings. The van der Waals surface area contributed by atoms with Crippen LogP contribution in [0.15, 0.2) is 30.3 Å². The van der Waals surface area contributed by atoms with Gasteiger partial charge >= 0.3 is 6.09 Å². The molecule has 2 N–H and O–H groups in total. The first-order chi connectivity index (χ1) is 9.20. The Morgan fingerprint density at radius 1 is 1.42 bits per heavy atom. The average Bonchev–Trinajstić information content (AvgIpc) is 2.45. The van der Waals surface area contributed by atoms with Crippen molar-refractivity contribution < 1.29 is 9.53 Å². The highest BCUT2D eigenvalue weighted by Gasteiger charge is 2.28. The van der Waals surface area contributed by atoms with E-state index in [1.165, 1.54) is 0 Å². The summed E-state index contributed by atoms with van der Waals surface area (Å²) in [4.78, 5) is 13.9. The minimum absolute atomic E-state index is 0.213. The molecule has 1 saturated heterocycles. The quantitative estimate of drug-likeness (QED) is 0.910. The molecule has 1 amide bonds. The molecular formula is C15H22N2O2. The molecule has 2 unspecified atom stereocenters. The Hall–Kier alpha value is -1.55. The fourth-order valence-corrected chi connectivity index (χ4v) is 2.56. The number of nitrogens with two attached hydrogens (primary N) is 1. The largest absolute Gasteiger partial charge is 0.445 e. The maximum atomic E-state index is 12.0. The molecule has 2 rings (SSSR count). The van der Waals surface area contributed by atoms with Gasteiger partial charge in [0.05, 0.1) is 0 Å². The number of hydrogen-bond acceptors (Lipinski definition) is 3. The van der Waals surface area contributed by atoms with E-state index in [1.54, 1.807) is 0 Å². The van der Waals surface area contributed by atoms with E-state index in [-0.39, 0.29) is 12.1 Å². The summed E-state index contributed by atoms with van der Waals surface area (Å²) in [6, 6.07) is 9.96. The summed E-state index contributed by atoms with van der Waals surface area (Å²) in [5.41, 5.74) is 6.70. The molecule has 0 aromatic heterocycles. The van der Waals surface area contributed by atoms with Crippen molar-refractivity contribution in [2.24, 2.45) is 11.7 Å². The molecule has 4 heteroatoms. The average molecular weight is 262 g/mol. The van der Waals surface area contributed by atoms with Crippen molar-refractivity contribution in [3.63, 3.8) is 0 Å². The number of carbonyl (C=O) groups is 1. The Morgan fingerprint density at radius 2 is 2.16 bits per heavy atom. The summed E-state index contributed by atoms with van der Waals surface area (Å²) in [7, 11) is 0. The zero-order valence-corrected chi connectivity index (χ0v) is 11.4. The molecule has 4 nitrogen and oxygen atoms in total. The third-order valence-corrected chi connectivity index (χ3v) is 3.76. The topological polar surface area (TPSA) is 55.6 Å². The number of likely N-dealkylation sites (tertiary alicyclic amines) is 1. The zero-order valence-electron chi connectivity index (χ0n) is 11.4. The molecule has 0 bridgehead atoms. The van der Waals surface area contributed by atoms with Crippen LogP contribution in [0.4, 0.5) is 4.79 Å². The van der Waals surface area contributed by atoms with Crippen LogP contribution in [0, 0.1) is 5.92 Å². The van der Waals surface area contributed by atoms with Crippen LogP contribution < -0.4 is 5.73 Å². The van der Waals surface area contributed by atoms with Crippen LogP contribution in [0.2, 0.25) is 0 Å². The Morgan fingerprint density at radius 3 is 2.79 bits per heavy atom. The first-order valence-electron chi connectivity index (χ1n) is 6.88. The lowest BCUT2D eigenvalue weighted by Gasteiger charge is -2.36. The molecule has 1 aromatic rings. The Balaban J connectivity index is 1.83. The van der Waals surface area contributed by atoms with Crippen molar-refractivity contribution in [3.05, 3.63) is 35.9 Å². The minimum Gasteiger partial charge on any atom is -0.445 e. The predicted octanol–water partition coefficient (Wildman–Crippen LogP) is 2.38. The second-order valence-corrected chi connectivity index (χ2v) is 5.21. The van der Waals surface area contributed by atoms with Crippen LogP contribution in [-0.2, 0) is 11.3 Å². The summed E-state index contributed by atoms with van der Waals surface area (Å²) in [5.74, 6) is 0.535. The van der Waals surface area contributed by atoms with Gasteiger partial charge in [-0.3, -0.25) is 0 Å². The fourth-order valence-electron chi connectivity index (χ4n) is 2.56. The van der Waals surface area contributed by atoms with Crippen molar-refractivity contribution in [1.82, 2.24) is 4.90 Å². The number of nitrogens with zero attached hydrogens (tertiary/aromatic N) is 1. The van der Waals surface area contributed by atoms with Gasteiger partial charge in [-0.2, -0.15) is 0 Å². The van der Waals surface area contributed by atoms with Crippen molar-refractivity contribution in [2.45, 2.75) is 32.4 Å². The molecule has 0 aliphatic carbocycles. The van der Waals surface area contributed by atoms with Crippen LogP contribution in [0.5, 0.6) is 0 Å². The normalized spacial score (nSPS) is 23.2. The van der Waals surface area contributed by atoms with E-state index in [1.807, 2.05) is 35.2 Å². The third kappa shape index (κ3) is 3.70. The molecule has 0 radical (unpaired) electrons. The highest BCUT2D eigenvalue weighted by Crippen LogP contribution is 2.22. The van der Waals surface area contributed by atoms with Gasteiger partial charge in [0, 0.05) is 12.6 Å². The van der Waals surface area contributed by atoms with Crippen molar-refractivity contribution in [1.29, 1.82) is 0 Å². The summed E-state index contributed by atoms with van der Waals surface area (Å²) < 4.78 is 5.36. The van der Waals surface area contributed by atoms with E-state index in [9.17, 15) is 4.79 Å². The molecule has 2 atom stereocenters. The number of hydrogen-bond donors (Lipinski definition) is 1. The van der Waals surface area contributed by atoms with E-state index >= 15 is 0 Å². The summed E-state index contributed by atoms with van der Waals surface area (Å²) in [6.45, 7) is 3.85. The van der Waals surface area contributed by atoms with Crippen molar-refractivity contribution >= 4 is 6.09 Å². The Kier molecular flexibility index (Phi) is 4.80. The highest BCUT2D eigenvalue weighted by molar-refractivity contribution is 5.68. The van der Waals surface area contributed by atoms with Crippen molar-refractivity contribution in [2.75, 3.05) is 13.1 Å². The Labute approximate surface area is 114 Å². The molecule has 1 aliphatic heterocycles. The molecule has 19 heavy (non-hydrogen) atoms. The maximum absolute atomic E-state index is 12.0. The predicted molar refractivity (Wildman–Crippen MR) is 74.6 cm³/mol. The van der Waals surface area contributed by atoms with Crippen molar-refractivity contribution in [3.8, 4) is 0 Å². The van der Waals surface area contributed by atoms with E-state index in [4.69, 9.17) is 10.5 Å². The molecular weight excluding hydrogens is 240 g/mol. The second kappa shape index (κ2) is 6.57. The van der Waals surface area contributed by atoms with Gasteiger partial charge in [-0.15, -0.1) is 0 Å². The fraction of sp³-hybridized carbons (Fsp3) is 0.533. The van der Waals surface area contributed by atoms with Crippen LogP contribution in [0.1, 0.15) is 25.3 Å². The zero-order chi connectivity index (χ0) is 13.7. The second-order valence-electron chi connectivity index (χ2n) is 5.21. The van der Waals surface area contributed by atoms with Gasteiger partial charge < -0.3 is 15.4 Å². The van der Waals surface area contributed by atoms with Crippen LogP contribution in [0.3, 0.4) is 0 Å². The van der Waals surface area contributed by atoms with E-state index < -0.39 is 0 Å². The molecule has 1 heterocycles. The van der Waals surface area contributed by atoms with Gasteiger partial charge in [0.2, 0.25) is 0 Å². The third-order valence-electron chi connectivity index (χ3n) is 3.76. The monoisotopic (exact) mass is 262 g/mol. The van der Waals surface area contributed by atoms with Gasteiger partial charge in [0.1, 0.15) is 6.61 Å². The molecule has 0 spiro atoms. The molecule has 1 aromatic carbocycles. The van der Waals surface area contributed by atoms with E-state index in [0.29, 0.717) is 19.1 Å². The van der Waals surface area contributed by atoms with Gasteiger partial charge in [0.15, 0.2) is 0 Å². The smallest absolute Gasteiger partial charge is 0.410 e. The van der Waals surface area contributed by atoms with Crippen LogP contribution in [0.25, 0.3) is 0 Å². The highest BCUT2D eigenvalue weighted by atomic mass is 16.6. The first-order valence-corrected chi connectivity index (χ1v) is 6.88. The first kappa shape index (κ1) is 13.9. The summed E-state index contributed by atoms with van der Waals surface area (Å²) in [5, 5.41) is 0. The lowest BCUT2D eigenvalue weighted by atomic mass is 9.92. The lowest BCUT2D eigenvalue weighted by molar-refractivity contribution is 0.0625. The van der Waals surface area contributed by atoms with Gasteiger partial charge in [0.25, 0.3) is 0 Å².